The summed E-state index contributed by atoms with van der Waals surface area (Å²) in [5.74, 6) is 0. The molecule has 2 aromatic carbocycles. The summed E-state index contributed by atoms with van der Waals surface area (Å²) >= 11 is 0. The van der Waals surface area contributed by atoms with Crippen LogP contribution in [0.15, 0.2) is 54.6 Å². The third-order valence-electron chi connectivity index (χ3n) is 4.67. The zero-order valence-corrected chi connectivity index (χ0v) is 11.7. The van der Waals surface area contributed by atoms with Crippen molar-refractivity contribution < 1.29 is 4.74 Å². The predicted molar refractivity (Wildman–Crippen MR) is 79.3 cm³/mol. The maximum absolute atomic E-state index is 6.08. The smallest absolute Gasteiger partial charge is 0.115 e. The fourth-order valence-corrected chi connectivity index (χ4v) is 3.68. The second-order valence-corrected chi connectivity index (χ2v) is 5.74. The Balaban J connectivity index is 1.72. The van der Waals surface area contributed by atoms with E-state index in [1.54, 1.807) is 0 Å². The van der Waals surface area contributed by atoms with Gasteiger partial charge < -0.3 is 4.74 Å². The number of nitrogens with zero attached hydrogens (tertiary/aromatic N) is 1. The summed E-state index contributed by atoms with van der Waals surface area (Å²) in [5.41, 5.74) is 4.26. The first-order valence-electron chi connectivity index (χ1n) is 7.36. The lowest BCUT2D eigenvalue weighted by molar-refractivity contribution is 0.000819. The molecule has 3 atom stereocenters. The Morgan fingerprint density at radius 2 is 1.75 bits per heavy atom. The lowest BCUT2D eigenvalue weighted by Gasteiger charge is -2.39. The molecule has 0 unspecified atom stereocenters. The minimum Gasteiger partial charge on any atom is -0.361 e. The second-order valence-electron chi connectivity index (χ2n) is 5.74. The first kappa shape index (κ1) is 12.1. The highest BCUT2D eigenvalue weighted by Crippen LogP contribution is 2.43. The van der Waals surface area contributed by atoms with E-state index in [0.29, 0.717) is 12.1 Å². The Bertz CT molecular complexity index is 610. The molecule has 2 aromatic rings. The monoisotopic (exact) mass is 265 g/mol. The molecule has 0 spiro atoms. The summed E-state index contributed by atoms with van der Waals surface area (Å²) in [7, 11) is 0. The van der Waals surface area contributed by atoms with Crippen LogP contribution in [0, 0.1) is 0 Å². The number of hydrogen-bond acceptors (Lipinski definition) is 2. The molecular weight excluding hydrogens is 246 g/mol. The van der Waals surface area contributed by atoms with E-state index < -0.39 is 0 Å². The van der Waals surface area contributed by atoms with E-state index in [2.05, 4.69) is 66.4 Å². The van der Waals surface area contributed by atoms with Crippen LogP contribution in [-0.2, 0) is 11.2 Å². The maximum atomic E-state index is 6.08. The van der Waals surface area contributed by atoms with Gasteiger partial charge in [0.1, 0.15) is 6.23 Å². The zero-order valence-electron chi connectivity index (χ0n) is 11.7. The van der Waals surface area contributed by atoms with Gasteiger partial charge in [0.25, 0.3) is 0 Å². The highest BCUT2D eigenvalue weighted by Gasteiger charge is 2.42. The number of ether oxygens (including phenoxy) is 1. The highest BCUT2D eigenvalue weighted by atomic mass is 16.5. The highest BCUT2D eigenvalue weighted by molar-refractivity contribution is 5.34. The van der Waals surface area contributed by atoms with E-state index in [0.717, 1.165) is 13.0 Å². The van der Waals surface area contributed by atoms with Gasteiger partial charge in [-0.15, -0.1) is 0 Å². The van der Waals surface area contributed by atoms with Crippen molar-refractivity contribution in [2.75, 3.05) is 6.61 Å². The van der Waals surface area contributed by atoms with Crippen molar-refractivity contribution in [3.05, 3.63) is 71.3 Å². The van der Waals surface area contributed by atoms with Crippen LogP contribution in [0.4, 0.5) is 0 Å². The van der Waals surface area contributed by atoms with E-state index >= 15 is 0 Å². The lowest BCUT2D eigenvalue weighted by atomic mass is 9.91. The van der Waals surface area contributed by atoms with Gasteiger partial charge in [-0.25, -0.2) is 0 Å². The van der Waals surface area contributed by atoms with E-state index in [9.17, 15) is 0 Å². The van der Waals surface area contributed by atoms with Crippen molar-refractivity contribution in [1.29, 1.82) is 0 Å². The average molecular weight is 265 g/mol. The molecule has 0 radical (unpaired) electrons. The number of rotatable bonds is 1. The third kappa shape index (κ3) is 1.80. The van der Waals surface area contributed by atoms with Crippen LogP contribution in [0.25, 0.3) is 0 Å². The molecule has 0 amide bonds. The summed E-state index contributed by atoms with van der Waals surface area (Å²) in [6, 6.07) is 20.3. The standard InChI is InChI=1S/C18H19NO/c1-13-16-10-6-5-9-15(16)11-18-19(13)17(12-20-18)14-7-3-2-4-8-14/h2-10,13,17-18H,11-12H2,1H3/t13-,17-,18-/m0/s1. The summed E-state index contributed by atoms with van der Waals surface area (Å²) in [6.45, 7) is 3.10. The van der Waals surface area contributed by atoms with E-state index in [1.807, 2.05) is 0 Å². The Hall–Kier alpha value is -1.64. The van der Waals surface area contributed by atoms with Gasteiger partial charge in [-0.3, -0.25) is 4.90 Å². The summed E-state index contributed by atoms with van der Waals surface area (Å²) in [4.78, 5) is 2.54. The van der Waals surface area contributed by atoms with Crippen LogP contribution < -0.4 is 0 Å². The molecule has 2 aliphatic heterocycles. The zero-order chi connectivity index (χ0) is 13.5. The van der Waals surface area contributed by atoms with Crippen LogP contribution >= 0.6 is 0 Å². The molecule has 1 fully saturated rings. The molecule has 2 nitrogen and oxygen atoms in total. The van der Waals surface area contributed by atoms with Crippen LogP contribution in [0.3, 0.4) is 0 Å². The van der Waals surface area contributed by atoms with E-state index in [4.69, 9.17) is 4.74 Å². The molecule has 2 aliphatic rings. The maximum Gasteiger partial charge on any atom is 0.115 e. The van der Waals surface area contributed by atoms with Crippen molar-refractivity contribution in [3.63, 3.8) is 0 Å². The molecule has 0 saturated carbocycles. The van der Waals surface area contributed by atoms with Gasteiger partial charge in [-0.05, 0) is 23.6 Å². The molecule has 0 aliphatic carbocycles. The van der Waals surface area contributed by atoms with Gasteiger partial charge in [0.2, 0.25) is 0 Å². The fourth-order valence-electron chi connectivity index (χ4n) is 3.68. The number of benzene rings is 2. The molecule has 0 bridgehead atoms. The Kier molecular flexibility index (Phi) is 2.86. The van der Waals surface area contributed by atoms with Crippen molar-refractivity contribution >= 4 is 0 Å². The van der Waals surface area contributed by atoms with Gasteiger partial charge >= 0.3 is 0 Å². The largest absolute Gasteiger partial charge is 0.361 e. The third-order valence-corrected chi connectivity index (χ3v) is 4.67. The molecule has 4 rings (SSSR count). The molecule has 1 saturated heterocycles. The van der Waals surface area contributed by atoms with Crippen LogP contribution in [0.1, 0.15) is 35.7 Å². The Labute approximate surface area is 120 Å². The van der Waals surface area contributed by atoms with Crippen molar-refractivity contribution in [3.8, 4) is 0 Å². The molecular formula is C18H19NO. The normalized spacial score (nSPS) is 28.9. The topological polar surface area (TPSA) is 12.5 Å². The van der Waals surface area contributed by atoms with E-state index in [-0.39, 0.29) is 6.23 Å². The molecule has 0 aromatic heterocycles. The van der Waals surface area contributed by atoms with E-state index in [1.165, 1.54) is 16.7 Å². The fraction of sp³-hybridized carbons (Fsp3) is 0.333. The Morgan fingerprint density at radius 1 is 1.00 bits per heavy atom. The molecule has 2 heteroatoms. The number of fused-ring (bicyclic) bond motifs is 2. The molecule has 102 valence electrons. The summed E-state index contributed by atoms with van der Waals surface area (Å²) in [5, 5.41) is 0. The van der Waals surface area contributed by atoms with Crippen molar-refractivity contribution in [1.82, 2.24) is 4.90 Å². The summed E-state index contributed by atoms with van der Waals surface area (Å²) in [6.07, 6.45) is 1.23. The predicted octanol–water partition coefficient (Wildman–Crippen LogP) is 3.70. The number of hydrogen-bond donors (Lipinski definition) is 0. The average Bonchev–Trinajstić information content (AvgIpc) is 2.92. The minimum atomic E-state index is 0.227. The Morgan fingerprint density at radius 3 is 2.60 bits per heavy atom. The molecule has 20 heavy (non-hydrogen) atoms. The van der Waals surface area contributed by atoms with Gasteiger partial charge in [0.05, 0.1) is 12.6 Å². The molecule has 2 heterocycles. The van der Waals surface area contributed by atoms with Crippen LogP contribution in [0.5, 0.6) is 0 Å². The quantitative estimate of drug-likeness (QED) is 0.779. The van der Waals surface area contributed by atoms with Crippen LogP contribution in [-0.4, -0.2) is 17.7 Å². The first-order chi connectivity index (χ1) is 9.84. The lowest BCUT2D eigenvalue weighted by Crippen LogP contribution is -2.40. The van der Waals surface area contributed by atoms with Crippen LogP contribution in [0.2, 0.25) is 0 Å². The van der Waals surface area contributed by atoms with Gasteiger partial charge in [0.15, 0.2) is 0 Å². The van der Waals surface area contributed by atoms with Gasteiger partial charge in [0, 0.05) is 12.5 Å². The first-order valence-corrected chi connectivity index (χ1v) is 7.36. The van der Waals surface area contributed by atoms with Crippen molar-refractivity contribution in [2.24, 2.45) is 0 Å². The minimum absolute atomic E-state index is 0.227. The second kappa shape index (κ2) is 4.72. The summed E-state index contributed by atoms with van der Waals surface area (Å²) < 4.78 is 6.08. The molecule has 0 N–H and O–H groups in total. The van der Waals surface area contributed by atoms with Crippen molar-refractivity contribution in [2.45, 2.75) is 31.7 Å². The SMILES string of the molecule is C[C@H]1c2ccccc2C[C@@H]2OC[C@@H](c3ccccc3)N21. The van der Waals surface area contributed by atoms with Gasteiger partial charge in [-0.1, -0.05) is 54.6 Å². The van der Waals surface area contributed by atoms with Gasteiger partial charge in [-0.2, -0.15) is 0 Å².